The lowest BCUT2D eigenvalue weighted by molar-refractivity contribution is 0.473. The first kappa shape index (κ1) is 14.7. The average Bonchev–Trinajstić information content (AvgIpc) is 2.23. The quantitative estimate of drug-likeness (QED) is 0.309. The van der Waals surface area contributed by atoms with Crippen molar-refractivity contribution in [2.45, 2.75) is 71.1 Å². The average molecular weight is 209 g/mol. The van der Waals surface area contributed by atoms with Crippen LogP contribution in [0.2, 0.25) is 0 Å². The molecule has 0 rings (SSSR count). The number of hydrogen-bond donors (Lipinski definition) is 0. The van der Waals surface area contributed by atoms with Crippen LogP contribution in [0.3, 0.4) is 0 Å². The summed E-state index contributed by atoms with van der Waals surface area (Å²) in [6.45, 7) is 10.2. The lowest BCUT2D eigenvalue weighted by atomic mass is 9.96. The van der Waals surface area contributed by atoms with Crippen LogP contribution in [0.25, 0.3) is 0 Å². The lowest BCUT2D eigenvalue weighted by Crippen LogP contribution is -1.95. The molecule has 0 aliphatic heterocycles. The Kier molecular flexibility index (Phi) is 11.6. The molecule has 0 spiro atoms. The molecule has 0 heteroatoms. The molecule has 15 heavy (non-hydrogen) atoms. The SMILES string of the molecule is [CH2]C(CCCCC)CCCCCCC=C. The van der Waals surface area contributed by atoms with Crippen molar-refractivity contribution in [1.29, 1.82) is 0 Å². The van der Waals surface area contributed by atoms with E-state index in [9.17, 15) is 0 Å². The smallest absolute Gasteiger partial charge is 0.0353 e. The second-order valence-electron chi connectivity index (χ2n) is 4.64. The molecule has 0 aromatic heterocycles. The van der Waals surface area contributed by atoms with Crippen molar-refractivity contribution in [3.63, 3.8) is 0 Å². The molecule has 0 aliphatic carbocycles. The Morgan fingerprint density at radius 2 is 1.53 bits per heavy atom. The predicted octanol–water partition coefficient (Wildman–Crippen LogP) is 5.54. The number of unbranched alkanes of at least 4 members (excludes halogenated alkanes) is 6. The van der Waals surface area contributed by atoms with Crippen molar-refractivity contribution in [3.8, 4) is 0 Å². The van der Waals surface area contributed by atoms with Crippen molar-refractivity contribution in [1.82, 2.24) is 0 Å². The van der Waals surface area contributed by atoms with Crippen LogP contribution in [0.5, 0.6) is 0 Å². The maximum absolute atomic E-state index is 4.23. The summed E-state index contributed by atoms with van der Waals surface area (Å²) in [5, 5.41) is 0. The molecule has 0 amide bonds. The molecule has 0 N–H and O–H groups in total. The predicted molar refractivity (Wildman–Crippen MR) is 70.9 cm³/mol. The highest BCUT2D eigenvalue weighted by molar-refractivity contribution is 4.66. The topological polar surface area (TPSA) is 0 Å². The Labute approximate surface area is 97.2 Å². The molecule has 0 heterocycles. The van der Waals surface area contributed by atoms with E-state index in [1.54, 1.807) is 0 Å². The van der Waals surface area contributed by atoms with E-state index in [0.29, 0.717) is 5.92 Å². The summed E-state index contributed by atoms with van der Waals surface area (Å²) in [6.07, 6.45) is 15.4. The highest BCUT2D eigenvalue weighted by atomic mass is 14.1. The minimum absolute atomic E-state index is 0.705. The van der Waals surface area contributed by atoms with Gasteiger partial charge in [-0.3, -0.25) is 0 Å². The van der Waals surface area contributed by atoms with E-state index < -0.39 is 0 Å². The Balaban J connectivity index is 3.09. The van der Waals surface area contributed by atoms with E-state index in [0.717, 1.165) is 0 Å². The van der Waals surface area contributed by atoms with Gasteiger partial charge in [-0.1, -0.05) is 71.3 Å². The zero-order valence-corrected chi connectivity index (χ0v) is 10.6. The fraction of sp³-hybridized carbons (Fsp3) is 0.800. The highest BCUT2D eigenvalue weighted by Gasteiger charge is 2.01. The van der Waals surface area contributed by atoms with E-state index >= 15 is 0 Å². The molecule has 1 atom stereocenters. The van der Waals surface area contributed by atoms with E-state index in [-0.39, 0.29) is 0 Å². The summed E-state index contributed by atoms with van der Waals surface area (Å²) in [4.78, 5) is 0. The second-order valence-corrected chi connectivity index (χ2v) is 4.64. The normalized spacial score (nSPS) is 12.7. The van der Waals surface area contributed by atoms with Crippen molar-refractivity contribution >= 4 is 0 Å². The van der Waals surface area contributed by atoms with E-state index in [1.165, 1.54) is 64.2 Å². The van der Waals surface area contributed by atoms with Crippen LogP contribution in [0, 0.1) is 12.8 Å². The van der Waals surface area contributed by atoms with Crippen LogP contribution in [-0.4, -0.2) is 0 Å². The summed E-state index contributed by atoms with van der Waals surface area (Å²) in [6, 6.07) is 0. The third kappa shape index (κ3) is 11.7. The summed E-state index contributed by atoms with van der Waals surface area (Å²) in [7, 11) is 0. The van der Waals surface area contributed by atoms with Gasteiger partial charge in [-0.15, -0.1) is 6.58 Å². The lowest BCUT2D eigenvalue weighted by Gasteiger charge is -2.10. The molecule has 0 aliphatic rings. The van der Waals surface area contributed by atoms with Gasteiger partial charge in [0.25, 0.3) is 0 Å². The van der Waals surface area contributed by atoms with Crippen molar-refractivity contribution in [2.75, 3.05) is 0 Å². The molecular weight excluding hydrogens is 180 g/mol. The Hall–Kier alpha value is -0.260. The third-order valence-electron chi connectivity index (χ3n) is 2.99. The maximum atomic E-state index is 4.23. The standard InChI is InChI=1S/C15H29/c1-4-6-8-9-10-12-14-15(3)13-11-7-5-2/h4,15H,1,3,5-14H2,2H3. The molecule has 1 radical (unpaired) electrons. The molecule has 0 bridgehead atoms. The van der Waals surface area contributed by atoms with Crippen molar-refractivity contribution in [2.24, 2.45) is 5.92 Å². The van der Waals surface area contributed by atoms with Crippen LogP contribution in [0.1, 0.15) is 71.1 Å². The molecule has 1 unspecified atom stereocenters. The van der Waals surface area contributed by atoms with Crippen LogP contribution >= 0.6 is 0 Å². The summed E-state index contributed by atoms with van der Waals surface area (Å²) >= 11 is 0. The molecule has 0 aromatic rings. The Morgan fingerprint density at radius 3 is 2.13 bits per heavy atom. The molecule has 0 fully saturated rings. The zero-order chi connectivity index (χ0) is 11.4. The first-order valence-corrected chi connectivity index (χ1v) is 6.75. The minimum atomic E-state index is 0.705. The maximum Gasteiger partial charge on any atom is -0.0353 e. The van der Waals surface area contributed by atoms with Gasteiger partial charge in [0.05, 0.1) is 0 Å². The summed E-state index contributed by atoms with van der Waals surface area (Å²) in [5.41, 5.74) is 0. The van der Waals surface area contributed by atoms with Crippen LogP contribution in [-0.2, 0) is 0 Å². The molecule has 0 saturated carbocycles. The fourth-order valence-corrected chi connectivity index (χ4v) is 1.90. The molecular formula is C15H29. The van der Waals surface area contributed by atoms with E-state index in [1.807, 2.05) is 6.08 Å². The number of hydrogen-bond acceptors (Lipinski definition) is 0. The van der Waals surface area contributed by atoms with E-state index in [4.69, 9.17) is 0 Å². The van der Waals surface area contributed by atoms with Crippen molar-refractivity contribution in [3.05, 3.63) is 19.6 Å². The monoisotopic (exact) mass is 209 g/mol. The van der Waals surface area contributed by atoms with Gasteiger partial charge < -0.3 is 0 Å². The number of rotatable bonds is 11. The molecule has 89 valence electrons. The van der Waals surface area contributed by atoms with Gasteiger partial charge >= 0.3 is 0 Å². The fourth-order valence-electron chi connectivity index (χ4n) is 1.90. The minimum Gasteiger partial charge on any atom is -0.103 e. The van der Waals surface area contributed by atoms with Crippen LogP contribution in [0.15, 0.2) is 12.7 Å². The Bertz CT molecular complexity index is 126. The number of allylic oxidation sites excluding steroid dienone is 1. The molecule has 0 saturated heterocycles. The van der Waals surface area contributed by atoms with Gasteiger partial charge in [-0.2, -0.15) is 0 Å². The van der Waals surface area contributed by atoms with Gasteiger partial charge in [0.15, 0.2) is 0 Å². The van der Waals surface area contributed by atoms with Gasteiger partial charge in [0.1, 0.15) is 0 Å². The highest BCUT2D eigenvalue weighted by Crippen LogP contribution is 2.16. The van der Waals surface area contributed by atoms with Gasteiger partial charge in [0.2, 0.25) is 0 Å². The van der Waals surface area contributed by atoms with Gasteiger partial charge in [-0.25, -0.2) is 0 Å². The van der Waals surface area contributed by atoms with Crippen LogP contribution < -0.4 is 0 Å². The third-order valence-corrected chi connectivity index (χ3v) is 2.99. The molecule has 0 aromatic carbocycles. The largest absolute Gasteiger partial charge is 0.103 e. The van der Waals surface area contributed by atoms with Gasteiger partial charge in [-0.05, 0) is 18.8 Å². The summed E-state index contributed by atoms with van der Waals surface area (Å²) < 4.78 is 0. The second kappa shape index (κ2) is 11.8. The Morgan fingerprint density at radius 1 is 0.933 bits per heavy atom. The first-order chi connectivity index (χ1) is 7.31. The van der Waals surface area contributed by atoms with Gasteiger partial charge in [0, 0.05) is 0 Å². The first-order valence-electron chi connectivity index (χ1n) is 6.75. The van der Waals surface area contributed by atoms with Crippen LogP contribution in [0.4, 0.5) is 0 Å². The zero-order valence-electron chi connectivity index (χ0n) is 10.6. The van der Waals surface area contributed by atoms with E-state index in [2.05, 4.69) is 20.4 Å². The summed E-state index contributed by atoms with van der Waals surface area (Å²) in [5.74, 6) is 0.705. The van der Waals surface area contributed by atoms with Crippen molar-refractivity contribution < 1.29 is 0 Å². The molecule has 0 nitrogen and oxygen atoms in total.